The second-order valence-corrected chi connectivity index (χ2v) is 30.7. The number of benzene rings is 8. The van der Waals surface area contributed by atoms with Gasteiger partial charge in [-0.05, 0) is 205 Å². The van der Waals surface area contributed by atoms with Gasteiger partial charge in [-0.25, -0.2) is 0 Å². The molecule has 0 saturated carbocycles. The van der Waals surface area contributed by atoms with E-state index in [-0.39, 0.29) is 44.6 Å². The van der Waals surface area contributed by atoms with E-state index in [1.54, 1.807) is 0 Å². The number of aryl methyl sites for hydroxylation is 2. The Morgan fingerprint density at radius 1 is 0.488 bits per heavy atom. The van der Waals surface area contributed by atoms with Crippen LogP contribution in [-0.4, -0.2) is 6.71 Å². The summed E-state index contributed by atoms with van der Waals surface area (Å²) < 4.78 is 35.6. The zero-order valence-corrected chi connectivity index (χ0v) is 52.2. The molecule has 2 aliphatic heterocycles. The van der Waals surface area contributed by atoms with Crippen molar-refractivity contribution in [2.45, 2.75) is 189 Å². The molecule has 2 aliphatic carbocycles. The molecular weight excluding hydrogens is 994 g/mol. The minimum atomic E-state index is -2.45. The van der Waals surface area contributed by atoms with E-state index < -0.39 is 6.85 Å². The molecule has 0 radical (unpaired) electrons. The first-order valence-electron chi connectivity index (χ1n) is 31.8. The first-order valence-corrected chi connectivity index (χ1v) is 30.3. The fourth-order valence-electron chi connectivity index (χ4n) is 15.3. The number of hydrogen-bond acceptors (Lipinski definition) is 4. The van der Waals surface area contributed by atoms with E-state index in [1.165, 1.54) is 44.4 Å². The molecular formula is C77H86BN3O. The fourth-order valence-corrected chi connectivity index (χ4v) is 15.3. The van der Waals surface area contributed by atoms with Gasteiger partial charge in [0.05, 0.1) is 11.1 Å². The van der Waals surface area contributed by atoms with Crippen LogP contribution in [0.15, 0.2) is 144 Å². The Bertz CT molecular complexity index is 4170. The summed E-state index contributed by atoms with van der Waals surface area (Å²) in [5, 5.41) is 2.02. The molecule has 418 valence electrons. The molecule has 0 fully saturated rings. The van der Waals surface area contributed by atoms with E-state index in [9.17, 15) is 4.11 Å². The zero-order valence-electron chi connectivity index (χ0n) is 55.2. The molecule has 0 atom stereocenters. The Hall–Kier alpha value is -6.98. The summed E-state index contributed by atoms with van der Waals surface area (Å²) in [6.07, 6.45) is 3.21. The Morgan fingerprint density at radius 2 is 1.00 bits per heavy atom. The molecule has 5 heteroatoms. The van der Waals surface area contributed by atoms with Gasteiger partial charge >= 0.3 is 0 Å². The summed E-state index contributed by atoms with van der Waals surface area (Å²) in [5.41, 5.74) is 24.3. The van der Waals surface area contributed by atoms with E-state index >= 15 is 0 Å². The van der Waals surface area contributed by atoms with E-state index in [0.717, 1.165) is 109 Å². The highest BCUT2D eigenvalue weighted by Crippen LogP contribution is 2.56. The maximum atomic E-state index is 9.49. The summed E-state index contributed by atoms with van der Waals surface area (Å²) in [5.74, 6) is 0. The van der Waals surface area contributed by atoms with Crippen LogP contribution in [-0.2, 0) is 37.9 Å². The van der Waals surface area contributed by atoms with Crippen LogP contribution in [0.3, 0.4) is 0 Å². The van der Waals surface area contributed by atoms with Gasteiger partial charge in [-0.15, -0.1) is 0 Å². The third-order valence-electron chi connectivity index (χ3n) is 19.7. The summed E-state index contributed by atoms with van der Waals surface area (Å²) in [4.78, 5) is 7.33. The predicted octanol–water partition coefficient (Wildman–Crippen LogP) is 20.0. The van der Waals surface area contributed by atoms with Crippen LogP contribution in [0.5, 0.6) is 0 Å². The van der Waals surface area contributed by atoms with Gasteiger partial charge in [0.1, 0.15) is 11.2 Å². The highest BCUT2D eigenvalue weighted by molar-refractivity contribution is 7.00. The smallest absolute Gasteiger partial charge is 0.252 e. The predicted molar refractivity (Wildman–Crippen MR) is 354 cm³/mol. The molecule has 0 unspecified atom stereocenters. The van der Waals surface area contributed by atoms with E-state index in [1.807, 2.05) is 12.1 Å². The largest absolute Gasteiger partial charge is 0.456 e. The fraction of sp³-hybridized carbons (Fsp3) is 0.377. The summed E-state index contributed by atoms with van der Waals surface area (Å²) >= 11 is 0. The van der Waals surface area contributed by atoms with E-state index in [2.05, 4.69) is 267 Å². The average molecular weight is 1080 g/mol. The standard InChI is InChI=1S/C77H86BN3O/c1-46-38-65-69-66(39-46)81(62-43-57-55(40-47(62)2)74(12,13)36-37-75(57,14)15)64-44-58-56(76(16,17)45-77(58,18)19)42-60(64)78(69)59-34-32-52(79(50-28-24-48(25-29-50)71(3,4)5)51-30-26-49(27-31-51)72(6,7)8)41-63(59)80(65)61-35-33-54(73(9,10)11)70-68(61)53-22-20-21-23-67(53)82-70/h20-35,38-44H,36-37,45H2,1-19H3/i1D3. The molecule has 1 aromatic heterocycles. The van der Waals surface area contributed by atoms with Gasteiger partial charge in [-0.3, -0.25) is 0 Å². The lowest BCUT2D eigenvalue weighted by molar-refractivity contribution is 0.332. The van der Waals surface area contributed by atoms with Crippen molar-refractivity contribution in [3.63, 3.8) is 0 Å². The van der Waals surface area contributed by atoms with Crippen molar-refractivity contribution in [2.24, 2.45) is 0 Å². The number of para-hydroxylation sites is 1. The van der Waals surface area contributed by atoms with Gasteiger partial charge in [0, 0.05) is 60.6 Å². The monoisotopic (exact) mass is 1080 g/mol. The minimum absolute atomic E-state index is 0.00530. The number of furan rings is 1. The third kappa shape index (κ3) is 8.35. The van der Waals surface area contributed by atoms with Crippen molar-refractivity contribution in [1.29, 1.82) is 0 Å². The second kappa shape index (κ2) is 17.8. The van der Waals surface area contributed by atoms with Crippen LogP contribution in [0, 0.1) is 13.8 Å². The summed E-state index contributed by atoms with van der Waals surface area (Å²) in [7, 11) is 0. The molecule has 4 nitrogen and oxygen atoms in total. The van der Waals surface area contributed by atoms with Gasteiger partial charge in [-0.2, -0.15) is 0 Å². The van der Waals surface area contributed by atoms with Crippen molar-refractivity contribution in [3.8, 4) is 0 Å². The van der Waals surface area contributed by atoms with Gasteiger partial charge in [-0.1, -0.05) is 184 Å². The molecule has 0 spiro atoms. The highest BCUT2D eigenvalue weighted by Gasteiger charge is 2.49. The van der Waals surface area contributed by atoms with E-state index in [0.29, 0.717) is 5.56 Å². The molecule has 3 heterocycles. The Kier molecular flexibility index (Phi) is 11.0. The molecule has 82 heavy (non-hydrogen) atoms. The first kappa shape index (κ1) is 50.7. The SMILES string of the molecule is [2H]C([2H])([2H])c1cc2c3c(c1)N(c1ccc(C(C)(C)C)c4oc5ccccc5c14)c1cc(N(c4ccc(C(C)(C)C)cc4)c4ccc(C(C)(C)C)cc4)ccc1B3c1cc3c(cc1N2c1cc2c(cc1C)C(C)(C)CCC2(C)C)C(C)(C)CC3(C)C. The van der Waals surface area contributed by atoms with Gasteiger partial charge in [0.2, 0.25) is 0 Å². The molecule has 0 amide bonds. The second-order valence-electron chi connectivity index (χ2n) is 30.7. The molecule has 13 rings (SSSR count). The number of hydrogen-bond donors (Lipinski definition) is 0. The maximum Gasteiger partial charge on any atom is 0.252 e. The van der Waals surface area contributed by atoms with Gasteiger partial charge in [0.15, 0.2) is 0 Å². The maximum absolute atomic E-state index is 9.49. The normalized spacial score (nSPS) is 18.1. The Balaban J connectivity index is 1.18. The summed E-state index contributed by atoms with van der Waals surface area (Å²) in [6.45, 7) is 39.2. The number of rotatable bonds is 5. The minimum Gasteiger partial charge on any atom is -0.456 e. The first-order chi connectivity index (χ1) is 39.5. The van der Waals surface area contributed by atoms with Crippen molar-refractivity contribution in [1.82, 2.24) is 0 Å². The van der Waals surface area contributed by atoms with Crippen LogP contribution in [0.1, 0.15) is 191 Å². The Labute approximate surface area is 495 Å². The van der Waals surface area contributed by atoms with Crippen LogP contribution < -0.4 is 31.1 Å². The van der Waals surface area contributed by atoms with Crippen LogP contribution >= 0.6 is 0 Å². The lowest BCUT2D eigenvalue weighted by atomic mass is 9.33. The molecule has 0 N–H and O–H groups in total. The molecule has 8 aromatic carbocycles. The molecule has 0 saturated heterocycles. The van der Waals surface area contributed by atoms with Gasteiger partial charge < -0.3 is 19.1 Å². The lowest BCUT2D eigenvalue weighted by Crippen LogP contribution is -2.61. The number of nitrogens with zero attached hydrogens (tertiary/aromatic N) is 3. The van der Waals surface area contributed by atoms with Crippen LogP contribution in [0.25, 0.3) is 21.9 Å². The molecule has 4 aliphatic rings. The molecule has 9 aromatic rings. The third-order valence-corrected chi connectivity index (χ3v) is 19.7. The quantitative estimate of drug-likeness (QED) is 0.160. The average Bonchev–Trinajstić information content (AvgIpc) is 1.52. The number of anilines is 9. The van der Waals surface area contributed by atoms with Crippen LogP contribution in [0.2, 0.25) is 0 Å². The summed E-state index contributed by atoms with van der Waals surface area (Å²) in [6, 6.07) is 52.4. The highest BCUT2D eigenvalue weighted by atomic mass is 16.3. The Morgan fingerprint density at radius 3 is 1.57 bits per heavy atom. The van der Waals surface area contributed by atoms with Gasteiger partial charge in [0.25, 0.3) is 6.71 Å². The van der Waals surface area contributed by atoms with Crippen molar-refractivity contribution in [2.75, 3.05) is 14.7 Å². The van der Waals surface area contributed by atoms with Crippen molar-refractivity contribution >= 4 is 96.2 Å². The van der Waals surface area contributed by atoms with E-state index in [4.69, 9.17) is 4.42 Å². The van der Waals surface area contributed by atoms with Crippen molar-refractivity contribution < 1.29 is 8.53 Å². The van der Waals surface area contributed by atoms with Crippen molar-refractivity contribution in [3.05, 3.63) is 190 Å². The topological polar surface area (TPSA) is 22.9 Å². The number of fused-ring (bicyclic) bond motifs is 9. The zero-order chi connectivity index (χ0) is 60.8. The molecule has 0 bridgehead atoms. The van der Waals surface area contributed by atoms with Crippen LogP contribution in [0.4, 0.5) is 51.2 Å². The lowest BCUT2D eigenvalue weighted by Gasteiger charge is -2.47.